The Labute approximate surface area is 188 Å². The number of anilines is 2. The summed E-state index contributed by atoms with van der Waals surface area (Å²) in [5.41, 5.74) is 3.01. The molecule has 0 fully saturated rings. The van der Waals surface area contributed by atoms with E-state index in [1.807, 2.05) is 30.5 Å². The average Bonchev–Trinajstić information content (AvgIpc) is 3.16. The summed E-state index contributed by atoms with van der Waals surface area (Å²) in [5.74, 6) is 0.523. The van der Waals surface area contributed by atoms with E-state index in [-0.39, 0.29) is 24.0 Å². The van der Waals surface area contributed by atoms with Crippen molar-refractivity contribution in [3.8, 4) is 5.75 Å². The summed E-state index contributed by atoms with van der Waals surface area (Å²) in [4.78, 5) is 28.9. The molecule has 0 aliphatic rings. The van der Waals surface area contributed by atoms with Crippen molar-refractivity contribution >= 4 is 57.9 Å². The van der Waals surface area contributed by atoms with E-state index in [0.29, 0.717) is 27.8 Å². The van der Waals surface area contributed by atoms with Crippen LogP contribution in [0.15, 0.2) is 52.2 Å². The Bertz CT molecular complexity index is 1040. The molecule has 0 atom stereocenters. The van der Waals surface area contributed by atoms with Gasteiger partial charge in [-0.15, -0.1) is 11.3 Å². The number of aryl methyl sites for hydroxylation is 1. The third-order valence-corrected chi connectivity index (χ3v) is 6.28. The van der Waals surface area contributed by atoms with Crippen molar-refractivity contribution in [3.05, 3.63) is 64.1 Å². The quantitative estimate of drug-likeness (QED) is 0.460. The molecule has 0 unspecified atom stereocenters. The number of carbonyl (C=O) groups is 2. The summed E-state index contributed by atoms with van der Waals surface area (Å²) in [6.07, 6.45) is 0.144. The predicted molar refractivity (Wildman–Crippen MR) is 123 cm³/mol. The monoisotopic (exact) mass is 461 g/mol. The molecule has 30 heavy (non-hydrogen) atoms. The number of aromatic nitrogens is 1. The smallest absolute Gasteiger partial charge is 0.234 e. The number of thioether (sulfide) groups is 1. The zero-order chi connectivity index (χ0) is 21.5. The summed E-state index contributed by atoms with van der Waals surface area (Å²) >= 11 is 8.57. The molecule has 156 valence electrons. The highest BCUT2D eigenvalue weighted by Gasteiger charge is 2.12. The first-order valence-electron chi connectivity index (χ1n) is 9.00. The van der Waals surface area contributed by atoms with Gasteiger partial charge in [0.2, 0.25) is 11.8 Å². The molecule has 1 heterocycles. The first kappa shape index (κ1) is 22.1. The van der Waals surface area contributed by atoms with Crippen LogP contribution in [0.2, 0.25) is 5.02 Å². The van der Waals surface area contributed by atoms with Crippen LogP contribution in [0, 0.1) is 6.92 Å². The number of nitrogens with zero attached hydrogens (tertiary/aromatic N) is 1. The summed E-state index contributed by atoms with van der Waals surface area (Å²) in [7, 11) is 1.57. The Morgan fingerprint density at radius 1 is 1.13 bits per heavy atom. The van der Waals surface area contributed by atoms with Gasteiger partial charge in [0.15, 0.2) is 4.34 Å². The molecule has 0 saturated heterocycles. The highest BCUT2D eigenvalue weighted by atomic mass is 35.5. The Balaban J connectivity index is 1.49. The predicted octanol–water partition coefficient (Wildman–Crippen LogP) is 5.03. The van der Waals surface area contributed by atoms with Crippen molar-refractivity contribution in [2.24, 2.45) is 0 Å². The maximum Gasteiger partial charge on any atom is 0.234 e. The number of nitrogens with one attached hydrogen (secondary N) is 2. The Hall–Kier alpha value is -2.55. The van der Waals surface area contributed by atoms with Crippen LogP contribution < -0.4 is 15.4 Å². The van der Waals surface area contributed by atoms with Crippen LogP contribution in [-0.4, -0.2) is 29.7 Å². The van der Waals surface area contributed by atoms with E-state index in [1.54, 1.807) is 31.4 Å². The van der Waals surface area contributed by atoms with Gasteiger partial charge in [-0.2, -0.15) is 0 Å². The number of amides is 2. The van der Waals surface area contributed by atoms with Crippen LogP contribution >= 0.6 is 34.7 Å². The van der Waals surface area contributed by atoms with Crippen molar-refractivity contribution < 1.29 is 14.3 Å². The number of thiazole rings is 1. The molecule has 2 aromatic carbocycles. The van der Waals surface area contributed by atoms with E-state index in [2.05, 4.69) is 15.6 Å². The third-order valence-electron chi connectivity index (χ3n) is 3.96. The molecule has 0 aliphatic carbocycles. The largest absolute Gasteiger partial charge is 0.495 e. The number of ether oxygens (including phenoxy) is 1. The van der Waals surface area contributed by atoms with Crippen molar-refractivity contribution in [1.29, 1.82) is 0 Å². The zero-order valence-electron chi connectivity index (χ0n) is 16.4. The Morgan fingerprint density at radius 2 is 1.90 bits per heavy atom. The lowest BCUT2D eigenvalue weighted by Gasteiger charge is -2.10. The van der Waals surface area contributed by atoms with Crippen molar-refractivity contribution in [3.63, 3.8) is 0 Å². The Morgan fingerprint density at radius 3 is 2.63 bits per heavy atom. The minimum atomic E-state index is -0.181. The van der Waals surface area contributed by atoms with Crippen molar-refractivity contribution in [2.45, 2.75) is 17.7 Å². The topological polar surface area (TPSA) is 80.3 Å². The molecular formula is C21H20ClN3O3S2. The van der Waals surface area contributed by atoms with Crippen LogP contribution in [0.4, 0.5) is 11.4 Å². The molecule has 6 nitrogen and oxygen atoms in total. The summed E-state index contributed by atoms with van der Waals surface area (Å²) in [6, 6.07) is 12.5. The van der Waals surface area contributed by atoms with Crippen LogP contribution in [0.5, 0.6) is 5.75 Å². The van der Waals surface area contributed by atoms with Gasteiger partial charge < -0.3 is 15.4 Å². The number of hydrogen-bond acceptors (Lipinski definition) is 6. The minimum Gasteiger partial charge on any atom is -0.495 e. The van der Waals surface area contributed by atoms with Gasteiger partial charge in [-0.25, -0.2) is 4.98 Å². The van der Waals surface area contributed by atoms with Crippen LogP contribution in [-0.2, 0) is 16.0 Å². The number of benzene rings is 2. The van der Waals surface area contributed by atoms with E-state index in [9.17, 15) is 9.59 Å². The SMILES string of the molecule is COc1cc(C)ccc1NC(=O)Cc1csc(SCC(=O)Nc2ccc(Cl)cc2)n1. The van der Waals surface area contributed by atoms with Gasteiger partial charge in [0.1, 0.15) is 5.75 Å². The van der Waals surface area contributed by atoms with E-state index in [4.69, 9.17) is 16.3 Å². The second-order valence-electron chi connectivity index (χ2n) is 6.38. The number of halogens is 1. The molecule has 0 saturated carbocycles. The molecule has 2 amide bonds. The van der Waals surface area contributed by atoms with Gasteiger partial charge in [-0.1, -0.05) is 29.4 Å². The molecule has 3 rings (SSSR count). The van der Waals surface area contributed by atoms with Gasteiger partial charge in [0.25, 0.3) is 0 Å². The number of hydrogen-bond donors (Lipinski definition) is 2. The van der Waals surface area contributed by atoms with Gasteiger partial charge in [0, 0.05) is 16.1 Å². The van der Waals surface area contributed by atoms with Gasteiger partial charge in [-0.3, -0.25) is 9.59 Å². The maximum absolute atomic E-state index is 12.4. The van der Waals surface area contributed by atoms with Crippen molar-refractivity contribution in [1.82, 2.24) is 4.98 Å². The lowest BCUT2D eigenvalue weighted by atomic mass is 10.2. The standard InChI is InChI=1S/C21H20ClN3O3S2/c1-13-3-8-17(18(9-13)28-2)25-19(26)10-16-11-29-21(24-16)30-12-20(27)23-15-6-4-14(22)5-7-15/h3-9,11H,10,12H2,1-2H3,(H,23,27)(H,25,26). The fraction of sp³-hybridized carbons (Fsp3) is 0.190. The van der Waals surface area contributed by atoms with Crippen molar-refractivity contribution in [2.75, 3.05) is 23.5 Å². The van der Waals surface area contributed by atoms with Gasteiger partial charge in [0.05, 0.1) is 30.7 Å². The van der Waals surface area contributed by atoms with E-state index >= 15 is 0 Å². The van der Waals surface area contributed by atoms with Gasteiger partial charge >= 0.3 is 0 Å². The zero-order valence-corrected chi connectivity index (χ0v) is 18.8. The van der Waals surface area contributed by atoms with E-state index in [1.165, 1.54) is 23.1 Å². The summed E-state index contributed by atoms with van der Waals surface area (Å²) in [5, 5.41) is 8.09. The van der Waals surface area contributed by atoms with Crippen LogP contribution in [0.1, 0.15) is 11.3 Å². The minimum absolute atomic E-state index is 0.136. The van der Waals surface area contributed by atoms with E-state index < -0.39 is 0 Å². The first-order chi connectivity index (χ1) is 14.4. The normalized spacial score (nSPS) is 10.5. The number of methoxy groups -OCH3 is 1. The molecule has 1 aromatic heterocycles. The second-order valence-corrected chi connectivity index (χ2v) is 8.89. The molecule has 0 radical (unpaired) electrons. The van der Waals surface area contributed by atoms with E-state index in [0.717, 1.165) is 9.90 Å². The lowest BCUT2D eigenvalue weighted by molar-refractivity contribution is -0.116. The third kappa shape index (κ3) is 6.48. The fourth-order valence-corrected chi connectivity index (χ4v) is 4.32. The van der Waals surface area contributed by atoms with Crippen LogP contribution in [0.3, 0.4) is 0 Å². The summed E-state index contributed by atoms with van der Waals surface area (Å²) in [6.45, 7) is 1.96. The van der Waals surface area contributed by atoms with Crippen LogP contribution in [0.25, 0.3) is 0 Å². The summed E-state index contributed by atoms with van der Waals surface area (Å²) < 4.78 is 6.04. The highest BCUT2D eigenvalue weighted by Crippen LogP contribution is 2.26. The Kier molecular flexibility index (Phi) is 7.73. The highest BCUT2D eigenvalue weighted by molar-refractivity contribution is 8.01. The molecule has 0 aliphatic heterocycles. The molecule has 2 N–H and O–H groups in total. The number of carbonyl (C=O) groups excluding carboxylic acids is 2. The second kappa shape index (κ2) is 10.5. The number of rotatable bonds is 8. The molecule has 0 spiro atoms. The molecule has 0 bridgehead atoms. The molecule has 3 aromatic rings. The average molecular weight is 462 g/mol. The fourth-order valence-electron chi connectivity index (χ4n) is 2.55. The maximum atomic E-state index is 12.4. The molecule has 9 heteroatoms. The van der Waals surface area contributed by atoms with Gasteiger partial charge in [-0.05, 0) is 48.9 Å². The lowest BCUT2D eigenvalue weighted by Crippen LogP contribution is -2.15. The molecular weight excluding hydrogens is 442 g/mol. The first-order valence-corrected chi connectivity index (χ1v) is 11.2.